The highest BCUT2D eigenvalue weighted by atomic mass is 17.0. The van der Waals surface area contributed by atoms with E-state index in [1.54, 1.807) is 12.2 Å². The number of allylic oxidation sites excluding steroid dienone is 2. The molecule has 1 fully saturated rings. The normalized spacial score (nSPS) is 18.8. The van der Waals surface area contributed by atoms with Crippen molar-refractivity contribution in [1.29, 1.82) is 0 Å². The van der Waals surface area contributed by atoms with Gasteiger partial charge in [-0.05, 0) is 82.3 Å². The van der Waals surface area contributed by atoms with Crippen molar-refractivity contribution in [1.82, 2.24) is 5.32 Å². The number of nitrogens with zero attached hydrogens (tertiary/aromatic N) is 2. The Hall–Kier alpha value is -4.93. The van der Waals surface area contributed by atoms with E-state index in [0.717, 1.165) is 5.56 Å². The molecule has 17 heteroatoms. The molecule has 2 rings (SSSR count). The van der Waals surface area contributed by atoms with Crippen LogP contribution in [0.25, 0.3) is 0 Å². The Morgan fingerprint density at radius 3 is 2.19 bits per heavy atom. The first-order valence-corrected chi connectivity index (χ1v) is 17.6. The van der Waals surface area contributed by atoms with Gasteiger partial charge in [-0.3, -0.25) is 4.79 Å². The minimum atomic E-state index is -0.948. The molecule has 1 aromatic rings. The number of aliphatic hydroxyl groups is 1. The average Bonchev–Trinajstić information content (AvgIpc) is 3.39. The lowest BCUT2D eigenvalue weighted by molar-refractivity contribution is -0.757. The summed E-state index contributed by atoms with van der Waals surface area (Å²) < 4.78 is 21.6. The molecule has 17 nitrogen and oxygen atoms in total. The molecule has 0 unspecified atom stereocenters. The molecule has 0 saturated heterocycles. The van der Waals surface area contributed by atoms with Gasteiger partial charge in [0.15, 0.2) is 0 Å². The van der Waals surface area contributed by atoms with Gasteiger partial charge in [0.1, 0.15) is 12.2 Å². The van der Waals surface area contributed by atoms with Crippen LogP contribution >= 0.6 is 0 Å². The standard InChI is InChI=1S/C35H51N3O14/c1-2-36-33(40)17-9-4-3-8-16-29-30(32(26-31(29)39)52-35(42)48-23-11-13-25-50-38(45)46)21-20-28(19-18-27-14-6-5-7-15-27)51-34(41)47-22-10-12-24-49-37(43)44/h3,5-8,14-15,20-21,28-32,39H,2,4,9-13,16-19,22-26H2,1H3,(H,36,40)/b8-3-,21-20+/t28-,29+,30+,31-,32+/m0/s1. The Labute approximate surface area is 302 Å². The molecule has 1 aliphatic rings. The highest BCUT2D eigenvalue weighted by Crippen LogP contribution is 2.38. The van der Waals surface area contributed by atoms with Gasteiger partial charge in [0, 0.05) is 25.3 Å². The smallest absolute Gasteiger partial charge is 0.434 e. The van der Waals surface area contributed by atoms with Crippen molar-refractivity contribution in [2.75, 3.05) is 33.0 Å². The summed E-state index contributed by atoms with van der Waals surface area (Å²) in [5.74, 6) is -0.869. The van der Waals surface area contributed by atoms with Gasteiger partial charge in [-0.15, -0.1) is 20.2 Å². The molecule has 0 aromatic heterocycles. The molecule has 0 spiro atoms. The maximum absolute atomic E-state index is 12.6. The van der Waals surface area contributed by atoms with Crippen LogP contribution in [0.15, 0.2) is 54.6 Å². The molecule has 1 aromatic carbocycles. The van der Waals surface area contributed by atoms with Crippen LogP contribution in [-0.2, 0) is 39.8 Å². The van der Waals surface area contributed by atoms with Crippen LogP contribution in [0.3, 0.4) is 0 Å². The minimum Gasteiger partial charge on any atom is -0.434 e. The van der Waals surface area contributed by atoms with E-state index in [9.17, 15) is 39.7 Å². The lowest BCUT2D eigenvalue weighted by Gasteiger charge is -2.23. The molecule has 0 bridgehead atoms. The quantitative estimate of drug-likeness (QED) is 0.0397. The summed E-state index contributed by atoms with van der Waals surface area (Å²) in [5, 5.41) is 32.7. The summed E-state index contributed by atoms with van der Waals surface area (Å²) in [6.45, 7) is 2.11. The molecule has 1 saturated carbocycles. The maximum Gasteiger partial charge on any atom is 0.508 e. The zero-order valence-electron chi connectivity index (χ0n) is 29.5. The van der Waals surface area contributed by atoms with Crippen LogP contribution in [0.1, 0.15) is 76.7 Å². The van der Waals surface area contributed by atoms with Crippen LogP contribution in [0.2, 0.25) is 0 Å². The molecular weight excluding hydrogens is 686 g/mol. The van der Waals surface area contributed by atoms with Gasteiger partial charge in [0.05, 0.1) is 32.5 Å². The number of ether oxygens (including phenoxy) is 4. The summed E-state index contributed by atoms with van der Waals surface area (Å²) in [6, 6.07) is 9.59. The minimum absolute atomic E-state index is 0.0145. The molecule has 5 atom stereocenters. The SMILES string of the molecule is CCNC(=O)CCC/C=C\C[C@@H]1[C@@H](/C=C/[C@H](CCc2ccccc2)OC(=O)OCCCCO[N+](=O)[O-])[C@H](OC(=O)OCCCCO[N+](=O)[O-])C[C@@H]1O. The number of carbonyl (C=O) groups excluding carboxylic acids is 3. The first-order valence-electron chi connectivity index (χ1n) is 17.6. The number of hydrogen-bond donors (Lipinski definition) is 2. The van der Waals surface area contributed by atoms with Gasteiger partial charge in [0.2, 0.25) is 5.91 Å². The Morgan fingerprint density at radius 2 is 1.56 bits per heavy atom. The molecule has 290 valence electrons. The molecule has 2 N–H and O–H groups in total. The Kier molecular flexibility index (Phi) is 21.6. The predicted octanol–water partition coefficient (Wildman–Crippen LogP) is 5.45. The number of carbonyl (C=O) groups is 3. The molecule has 1 aliphatic carbocycles. The summed E-state index contributed by atoms with van der Waals surface area (Å²) in [4.78, 5) is 66.1. The number of benzene rings is 1. The van der Waals surface area contributed by atoms with Gasteiger partial charge >= 0.3 is 12.3 Å². The third kappa shape index (κ3) is 19.5. The summed E-state index contributed by atoms with van der Waals surface area (Å²) in [5.41, 5.74) is 1.02. The highest BCUT2D eigenvalue weighted by molar-refractivity contribution is 5.75. The van der Waals surface area contributed by atoms with Crippen molar-refractivity contribution in [3.05, 3.63) is 80.4 Å². The van der Waals surface area contributed by atoms with Gasteiger partial charge in [-0.25, -0.2) is 9.59 Å². The first-order chi connectivity index (χ1) is 25.1. The Morgan fingerprint density at radius 1 is 0.923 bits per heavy atom. The molecule has 0 aliphatic heterocycles. The molecular formula is C35H51N3O14. The largest absolute Gasteiger partial charge is 0.508 e. The highest BCUT2D eigenvalue weighted by Gasteiger charge is 2.43. The van der Waals surface area contributed by atoms with Crippen molar-refractivity contribution >= 4 is 18.2 Å². The zero-order chi connectivity index (χ0) is 38.0. The van der Waals surface area contributed by atoms with E-state index in [0.29, 0.717) is 70.8 Å². The van der Waals surface area contributed by atoms with Crippen LogP contribution in [0, 0.1) is 32.1 Å². The van der Waals surface area contributed by atoms with Crippen molar-refractivity contribution < 1.29 is 58.3 Å². The van der Waals surface area contributed by atoms with E-state index in [1.807, 2.05) is 49.4 Å². The van der Waals surface area contributed by atoms with Gasteiger partial charge in [-0.2, -0.15) is 0 Å². The maximum atomic E-state index is 12.6. The van der Waals surface area contributed by atoms with Crippen molar-refractivity contribution in [2.45, 2.75) is 95.9 Å². The number of hydrogen-bond acceptors (Lipinski definition) is 14. The van der Waals surface area contributed by atoms with E-state index in [2.05, 4.69) is 15.0 Å². The predicted molar refractivity (Wildman–Crippen MR) is 185 cm³/mol. The van der Waals surface area contributed by atoms with Crippen LogP contribution in [-0.4, -0.2) is 84.8 Å². The number of aliphatic hydroxyl groups excluding tert-OH is 1. The van der Waals surface area contributed by atoms with E-state index < -0.39 is 46.7 Å². The van der Waals surface area contributed by atoms with E-state index >= 15 is 0 Å². The first kappa shape index (κ1) is 43.2. The topological polar surface area (TPSA) is 225 Å². The van der Waals surface area contributed by atoms with Gasteiger partial charge in [0.25, 0.3) is 10.2 Å². The summed E-state index contributed by atoms with van der Waals surface area (Å²) in [7, 11) is 0. The van der Waals surface area contributed by atoms with E-state index in [-0.39, 0.29) is 44.7 Å². The second-order valence-corrected chi connectivity index (χ2v) is 12.0. The van der Waals surface area contributed by atoms with Crippen LogP contribution < -0.4 is 5.32 Å². The number of rotatable bonds is 26. The third-order valence-corrected chi connectivity index (χ3v) is 8.13. The number of aryl methyl sites for hydroxylation is 1. The molecule has 52 heavy (non-hydrogen) atoms. The Bertz CT molecular complexity index is 1280. The lowest BCUT2D eigenvalue weighted by atomic mass is 9.89. The van der Waals surface area contributed by atoms with Crippen molar-refractivity contribution in [3.8, 4) is 0 Å². The molecule has 0 radical (unpaired) electrons. The van der Waals surface area contributed by atoms with Crippen LogP contribution in [0.5, 0.6) is 0 Å². The fourth-order valence-electron chi connectivity index (χ4n) is 5.56. The fraction of sp³-hybridized carbons (Fsp3) is 0.629. The summed E-state index contributed by atoms with van der Waals surface area (Å²) >= 11 is 0. The fourth-order valence-corrected chi connectivity index (χ4v) is 5.56. The molecule has 0 heterocycles. The third-order valence-electron chi connectivity index (χ3n) is 8.13. The average molecular weight is 738 g/mol. The van der Waals surface area contributed by atoms with Crippen molar-refractivity contribution in [2.24, 2.45) is 11.8 Å². The lowest BCUT2D eigenvalue weighted by Crippen LogP contribution is -2.26. The van der Waals surface area contributed by atoms with E-state index in [4.69, 9.17) is 18.9 Å². The second-order valence-electron chi connectivity index (χ2n) is 12.0. The van der Waals surface area contributed by atoms with Gasteiger partial charge < -0.3 is 39.0 Å². The second kappa shape index (κ2) is 25.9. The van der Waals surface area contributed by atoms with Crippen molar-refractivity contribution in [3.63, 3.8) is 0 Å². The monoisotopic (exact) mass is 737 g/mol. The number of nitrogens with one attached hydrogen (secondary N) is 1. The van der Waals surface area contributed by atoms with Crippen LogP contribution in [0.4, 0.5) is 9.59 Å². The number of amides is 1. The Balaban J connectivity index is 2.12. The van der Waals surface area contributed by atoms with Gasteiger partial charge in [-0.1, -0.05) is 48.6 Å². The number of unbranched alkanes of at least 4 members (excludes halogenated alkanes) is 3. The van der Waals surface area contributed by atoms with E-state index in [1.165, 1.54) is 0 Å². The molecule has 1 amide bonds. The zero-order valence-corrected chi connectivity index (χ0v) is 29.5. The summed E-state index contributed by atoms with van der Waals surface area (Å²) in [6.07, 6.45) is 7.64.